The molecule has 0 fully saturated rings. The molecule has 0 aliphatic rings. The molecule has 28 heavy (non-hydrogen) atoms. The van der Waals surface area contributed by atoms with Gasteiger partial charge < -0.3 is 14.5 Å². The van der Waals surface area contributed by atoms with Gasteiger partial charge in [-0.2, -0.15) is 0 Å². The van der Waals surface area contributed by atoms with Gasteiger partial charge in [-0.15, -0.1) is 0 Å². The normalized spacial score (nSPS) is 12.0. The molecule has 0 unspecified atom stereocenters. The Hall–Kier alpha value is -3.15. The molecule has 1 heterocycles. The van der Waals surface area contributed by atoms with Crippen molar-refractivity contribution < 1.29 is 18.3 Å². The molecular formula is C22H22FNO4. The molecule has 0 bridgehead atoms. The fraction of sp³-hybridized carbons (Fsp3) is 0.273. The lowest BCUT2D eigenvalue weighted by Gasteiger charge is -2.15. The zero-order valence-corrected chi connectivity index (χ0v) is 15.8. The van der Waals surface area contributed by atoms with Gasteiger partial charge in [0.1, 0.15) is 17.1 Å². The van der Waals surface area contributed by atoms with Crippen molar-refractivity contribution in [2.45, 2.75) is 32.7 Å². The van der Waals surface area contributed by atoms with Crippen LogP contribution in [-0.4, -0.2) is 12.5 Å². The predicted molar refractivity (Wildman–Crippen MR) is 105 cm³/mol. The number of carbonyl (C=O) groups excluding carboxylic acids is 1. The molecule has 0 aliphatic heterocycles. The van der Waals surface area contributed by atoms with E-state index in [1.165, 1.54) is 18.2 Å². The highest BCUT2D eigenvalue weighted by molar-refractivity contribution is 5.82. The lowest BCUT2D eigenvalue weighted by molar-refractivity contribution is -0.123. The maximum Gasteiger partial charge on any atom is 0.336 e. The quantitative estimate of drug-likeness (QED) is 0.623. The van der Waals surface area contributed by atoms with Crippen LogP contribution in [0.1, 0.15) is 37.4 Å². The lowest BCUT2D eigenvalue weighted by Crippen LogP contribution is -2.31. The van der Waals surface area contributed by atoms with Crippen molar-refractivity contribution in [3.63, 3.8) is 0 Å². The second-order valence-electron chi connectivity index (χ2n) is 6.63. The average molecular weight is 383 g/mol. The summed E-state index contributed by atoms with van der Waals surface area (Å²) in [6.07, 6.45) is 1.70. The number of fused-ring (bicyclic) bond motifs is 1. The third kappa shape index (κ3) is 4.76. The number of halogens is 1. The number of ether oxygens (including phenoxy) is 1. The fourth-order valence-electron chi connectivity index (χ4n) is 3.04. The first-order valence-electron chi connectivity index (χ1n) is 9.20. The Kier molecular flexibility index (Phi) is 6.09. The van der Waals surface area contributed by atoms with Crippen LogP contribution in [0.2, 0.25) is 0 Å². The molecule has 0 spiro atoms. The van der Waals surface area contributed by atoms with Gasteiger partial charge >= 0.3 is 5.63 Å². The summed E-state index contributed by atoms with van der Waals surface area (Å²) in [5.41, 5.74) is 1.77. The van der Waals surface area contributed by atoms with Crippen LogP contribution in [0.4, 0.5) is 4.39 Å². The average Bonchev–Trinajstić information content (AvgIpc) is 2.66. The van der Waals surface area contributed by atoms with E-state index >= 15 is 0 Å². The van der Waals surface area contributed by atoms with Gasteiger partial charge in [-0.25, -0.2) is 9.18 Å². The Morgan fingerprint density at radius 1 is 1.18 bits per heavy atom. The third-order valence-corrected chi connectivity index (χ3v) is 4.44. The summed E-state index contributed by atoms with van der Waals surface area (Å²) >= 11 is 0. The Labute approximate surface area is 162 Å². The number of benzene rings is 2. The van der Waals surface area contributed by atoms with Gasteiger partial charge in [0, 0.05) is 17.5 Å². The number of hydrogen-bond acceptors (Lipinski definition) is 4. The van der Waals surface area contributed by atoms with Gasteiger partial charge in [-0.1, -0.05) is 25.5 Å². The summed E-state index contributed by atoms with van der Waals surface area (Å²) in [6.45, 7) is 3.67. The van der Waals surface area contributed by atoms with Crippen molar-refractivity contribution >= 4 is 16.9 Å². The SMILES string of the molecule is CCCc1cc(=O)oc2cc(OCC(=O)N[C@@H](C)c3ccc(F)cc3)ccc12. The van der Waals surface area contributed by atoms with Crippen molar-refractivity contribution in [2.75, 3.05) is 6.61 Å². The third-order valence-electron chi connectivity index (χ3n) is 4.44. The van der Waals surface area contributed by atoms with Gasteiger partial charge in [0.25, 0.3) is 5.91 Å². The topological polar surface area (TPSA) is 68.5 Å². The molecule has 0 saturated carbocycles. The van der Waals surface area contributed by atoms with Crippen LogP contribution in [-0.2, 0) is 11.2 Å². The minimum atomic E-state index is -0.404. The highest BCUT2D eigenvalue weighted by Crippen LogP contribution is 2.23. The van der Waals surface area contributed by atoms with Crippen LogP contribution in [0, 0.1) is 5.82 Å². The van der Waals surface area contributed by atoms with Crippen molar-refractivity contribution in [3.05, 3.63) is 75.9 Å². The number of hydrogen-bond donors (Lipinski definition) is 1. The Bertz CT molecular complexity index is 1030. The summed E-state index contributed by atoms with van der Waals surface area (Å²) in [4.78, 5) is 23.9. The second-order valence-corrected chi connectivity index (χ2v) is 6.63. The molecule has 0 radical (unpaired) electrons. The Balaban J connectivity index is 1.65. The van der Waals surface area contributed by atoms with Gasteiger partial charge in [0.05, 0.1) is 6.04 Å². The minimum absolute atomic E-state index is 0.185. The maximum absolute atomic E-state index is 13.0. The predicted octanol–water partition coefficient (Wildman–Crippen LogP) is 4.14. The van der Waals surface area contributed by atoms with Crippen molar-refractivity contribution in [1.82, 2.24) is 5.32 Å². The van der Waals surface area contributed by atoms with Crippen molar-refractivity contribution in [2.24, 2.45) is 0 Å². The van der Waals surface area contributed by atoms with Crippen molar-refractivity contribution in [3.8, 4) is 5.75 Å². The van der Waals surface area contributed by atoms with Gasteiger partial charge in [0.2, 0.25) is 0 Å². The van der Waals surface area contributed by atoms with Crippen molar-refractivity contribution in [1.29, 1.82) is 0 Å². The summed E-state index contributed by atoms with van der Waals surface area (Å²) < 4.78 is 23.8. The molecule has 3 aromatic rings. The van der Waals surface area contributed by atoms with Crippen LogP contribution < -0.4 is 15.7 Å². The van der Waals surface area contributed by atoms with Gasteiger partial charge in [-0.05, 0) is 48.7 Å². The fourth-order valence-corrected chi connectivity index (χ4v) is 3.04. The summed E-state index contributed by atoms with van der Waals surface area (Å²) in [5, 5.41) is 3.66. The zero-order chi connectivity index (χ0) is 20.1. The van der Waals surface area contributed by atoms with E-state index in [-0.39, 0.29) is 24.4 Å². The second kappa shape index (κ2) is 8.69. The van der Waals surface area contributed by atoms with E-state index in [4.69, 9.17) is 9.15 Å². The number of rotatable bonds is 7. The van der Waals surface area contributed by atoms with E-state index in [2.05, 4.69) is 5.32 Å². The molecule has 1 atom stereocenters. The van der Waals surface area contributed by atoms with Crippen LogP contribution >= 0.6 is 0 Å². The van der Waals surface area contributed by atoms with E-state index in [0.29, 0.717) is 11.3 Å². The van der Waals surface area contributed by atoms with E-state index in [0.717, 1.165) is 29.4 Å². The number of carbonyl (C=O) groups is 1. The summed E-state index contributed by atoms with van der Waals surface area (Å²) in [6, 6.07) is 12.4. The lowest BCUT2D eigenvalue weighted by atomic mass is 10.1. The number of aryl methyl sites for hydroxylation is 1. The Morgan fingerprint density at radius 2 is 1.93 bits per heavy atom. The molecule has 1 N–H and O–H groups in total. The first kappa shape index (κ1) is 19.6. The van der Waals surface area contributed by atoms with Crippen LogP contribution in [0.5, 0.6) is 5.75 Å². The molecular weight excluding hydrogens is 361 g/mol. The highest BCUT2D eigenvalue weighted by atomic mass is 19.1. The molecule has 3 rings (SSSR count). The maximum atomic E-state index is 13.0. The van der Waals surface area contributed by atoms with Crippen LogP contribution in [0.3, 0.4) is 0 Å². The molecule has 146 valence electrons. The smallest absolute Gasteiger partial charge is 0.336 e. The first-order valence-corrected chi connectivity index (χ1v) is 9.20. The highest BCUT2D eigenvalue weighted by Gasteiger charge is 2.11. The Morgan fingerprint density at radius 3 is 2.64 bits per heavy atom. The molecule has 1 amide bonds. The van der Waals surface area contributed by atoms with Crippen LogP contribution in [0.25, 0.3) is 11.0 Å². The van der Waals surface area contributed by atoms with E-state index in [1.807, 2.05) is 19.9 Å². The standard InChI is InChI=1S/C22H22FNO4/c1-3-4-16-11-22(26)28-20-12-18(9-10-19(16)20)27-13-21(25)24-14(2)15-5-7-17(23)8-6-15/h5-12,14H,3-4,13H2,1-2H3,(H,24,25)/t14-/m0/s1. The largest absolute Gasteiger partial charge is 0.484 e. The molecule has 2 aromatic carbocycles. The van der Waals surface area contributed by atoms with Crippen LogP contribution in [0.15, 0.2) is 57.7 Å². The number of amides is 1. The van der Waals surface area contributed by atoms with Gasteiger partial charge in [-0.3, -0.25) is 4.79 Å². The molecule has 0 aliphatic carbocycles. The zero-order valence-electron chi connectivity index (χ0n) is 15.8. The van der Waals surface area contributed by atoms with E-state index < -0.39 is 5.63 Å². The number of nitrogens with one attached hydrogen (secondary N) is 1. The van der Waals surface area contributed by atoms with E-state index in [1.54, 1.807) is 24.3 Å². The van der Waals surface area contributed by atoms with E-state index in [9.17, 15) is 14.0 Å². The molecule has 1 aromatic heterocycles. The summed E-state index contributed by atoms with van der Waals surface area (Å²) in [7, 11) is 0. The molecule has 5 nitrogen and oxygen atoms in total. The van der Waals surface area contributed by atoms with Gasteiger partial charge in [0.15, 0.2) is 6.61 Å². The summed E-state index contributed by atoms with van der Waals surface area (Å²) in [5.74, 6) is -0.192. The minimum Gasteiger partial charge on any atom is -0.484 e. The monoisotopic (exact) mass is 383 g/mol. The first-order chi connectivity index (χ1) is 13.5. The molecule has 6 heteroatoms. The molecule has 0 saturated heterocycles.